The highest BCUT2D eigenvalue weighted by molar-refractivity contribution is 9.11. The lowest BCUT2D eigenvalue weighted by molar-refractivity contribution is -0.140. The SMILES string of the molecule is O=C(N/N=C/c1ccc(Br)s1)C(Oc1ccccc1)Oc1ccccc1. The summed E-state index contributed by atoms with van der Waals surface area (Å²) < 4.78 is 12.3. The molecule has 1 amide bonds. The molecule has 0 atom stereocenters. The van der Waals surface area contributed by atoms with E-state index in [1.165, 1.54) is 11.3 Å². The van der Waals surface area contributed by atoms with Crippen molar-refractivity contribution in [1.82, 2.24) is 5.43 Å². The third-order valence-corrected chi connectivity index (χ3v) is 4.71. The Bertz CT molecular complexity index is 827. The highest BCUT2D eigenvalue weighted by Gasteiger charge is 2.22. The van der Waals surface area contributed by atoms with Crippen molar-refractivity contribution in [2.45, 2.75) is 6.29 Å². The van der Waals surface area contributed by atoms with Crippen LogP contribution in [0, 0.1) is 0 Å². The molecule has 0 bridgehead atoms. The maximum Gasteiger partial charge on any atom is 0.323 e. The normalized spacial score (nSPS) is 10.8. The number of hydrogen-bond donors (Lipinski definition) is 1. The van der Waals surface area contributed by atoms with Gasteiger partial charge in [-0.15, -0.1) is 11.3 Å². The van der Waals surface area contributed by atoms with Gasteiger partial charge in [0, 0.05) is 4.88 Å². The van der Waals surface area contributed by atoms with E-state index >= 15 is 0 Å². The van der Waals surface area contributed by atoms with Gasteiger partial charge in [-0.05, 0) is 52.3 Å². The number of nitrogens with zero attached hydrogens (tertiary/aromatic N) is 1. The third kappa shape index (κ3) is 5.44. The van der Waals surface area contributed by atoms with Crippen LogP contribution in [0.2, 0.25) is 0 Å². The molecule has 1 aromatic heterocycles. The van der Waals surface area contributed by atoms with Crippen molar-refractivity contribution in [3.63, 3.8) is 0 Å². The second-order valence-corrected chi connectivity index (χ2v) is 7.56. The fraction of sp³-hybridized carbons (Fsp3) is 0.0526. The van der Waals surface area contributed by atoms with Crippen LogP contribution in [0.25, 0.3) is 0 Å². The molecule has 7 heteroatoms. The molecule has 1 heterocycles. The summed E-state index contributed by atoms with van der Waals surface area (Å²) in [4.78, 5) is 13.4. The molecule has 26 heavy (non-hydrogen) atoms. The van der Waals surface area contributed by atoms with Crippen LogP contribution < -0.4 is 14.9 Å². The molecular weight excluding hydrogens is 416 g/mol. The topological polar surface area (TPSA) is 59.9 Å². The summed E-state index contributed by atoms with van der Waals surface area (Å²) in [6.45, 7) is 0. The number of amides is 1. The summed E-state index contributed by atoms with van der Waals surface area (Å²) in [7, 11) is 0. The Morgan fingerprint density at radius 3 is 2.04 bits per heavy atom. The van der Waals surface area contributed by atoms with Gasteiger partial charge < -0.3 is 9.47 Å². The number of halogens is 1. The van der Waals surface area contributed by atoms with E-state index in [9.17, 15) is 4.79 Å². The van der Waals surface area contributed by atoms with Gasteiger partial charge in [0.2, 0.25) is 0 Å². The van der Waals surface area contributed by atoms with Crippen molar-refractivity contribution in [3.05, 3.63) is 81.5 Å². The van der Waals surface area contributed by atoms with Gasteiger partial charge in [0.1, 0.15) is 11.5 Å². The molecule has 0 spiro atoms. The maximum atomic E-state index is 12.5. The largest absolute Gasteiger partial charge is 0.446 e. The van der Waals surface area contributed by atoms with E-state index in [4.69, 9.17) is 9.47 Å². The molecule has 132 valence electrons. The van der Waals surface area contributed by atoms with Crippen LogP contribution >= 0.6 is 27.3 Å². The molecule has 0 aliphatic rings. The first-order valence-corrected chi connectivity index (χ1v) is 9.33. The van der Waals surface area contributed by atoms with E-state index in [0.29, 0.717) is 11.5 Å². The Kier molecular flexibility index (Phi) is 6.40. The van der Waals surface area contributed by atoms with Crippen molar-refractivity contribution in [2.24, 2.45) is 5.10 Å². The number of hydrogen-bond acceptors (Lipinski definition) is 5. The lowest BCUT2D eigenvalue weighted by Gasteiger charge is -2.18. The maximum absolute atomic E-state index is 12.5. The average molecular weight is 431 g/mol. The molecule has 0 saturated heterocycles. The van der Waals surface area contributed by atoms with Gasteiger partial charge in [0.25, 0.3) is 0 Å². The summed E-state index contributed by atoms with van der Waals surface area (Å²) in [6.07, 6.45) is 0.391. The highest BCUT2D eigenvalue weighted by atomic mass is 79.9. The molecular formula is C19H15BrN2O3S. The molecule has 3 rings (SSSR count). The predicted molar refractivity (Wildman–Crippen MR) is 106 cm³/mol. The summed E-state index contributed by atoms with van der Waals surface area (Å²) in [5.74, 6) is 0.536. The zero-order chi connectivity index (χ0) is 18.2. The highest BCUT2D eigenvalue weighted by Crippen LogP contribution is 2.20. The Hall–Kier alpha value is -2.64. The van der Waals surface area contributed by atoms with E-state index in [2.05, 4.69) is 26.5 Å². The van der Waals surface area contributed by atoms with Crippen LogP contribution in [-0.4, -0.2) is 18.4 Å². The lowest BCUT2D eigenvalue weighted by atomic mass is 10.3. The van der Waals surface area contributed by atoms with Gasteiger partial charge in [-0.3, -0.25) is 4.79 Å². The predicted octanol–water partition coefficient (Wildman–Crippen LogP) is 4.44. The molecule has 1 N–H and O–H groups in total. The minimum Gasteiger partial charge on any atom is -0.446 e. The number of benzene rings is 2. The zero-order valence-electron chi connectivity index (χ0n) is 13.5. The smallest absolute Gasteiger partial charge is 0.323 e. The molecule has 3 aromatic rings. The van der Waals surface area contributed by atoms with Gasteiger partial charge in [-0.2, -0.15) is 5.10 Å². The molecule has 0 fully saturated rings. The van der Waals surface area contributed by atoms with Crippen molar-refractivity contribution in [1.29, 1.82) is 0 Å². The number of para-hydroxylation sites is 2. The number of rotatable bonds is 7. The molecule has 0 unspecified atom stereocenters. The summed E-state index contributed by atoms with van der Waals surface area (Å²) >= 11 is 4.89. The molecule has 0 aliphatic carbocycles. The number of carbonyl (C=O) groups excluding carboxylic acids is 1. The van der Waals surface area contributed by atoms with Gasteiger partial charge in [0.15, 0.2) is 0 Å². The second kappa shape index (κ2) is 9.17. The van der Waals surface area contributed by atoms with Crippen molar-refractivity contribution >= 4 is 39.4 Å². The van der Waals surface area contributed by atoms with Crippen LogP contribution in [0.4, 0.5) is 0 Å². The Balaban J connectivity index is 1.68. The van der Waals surface area contributed by atoms with E-state index in [0.717, 1.165) is 8.66 Å². The van der Waals surface area contributed by atoms with Crippen LogP contribution in [0.5, 0.6) is 11.5 Å². The lowest BCUT2D eigenvalue weighted by Crippen LogP contribution is -2.40. The first kappa shape index (κ1) is 18.2. The molecule has 0 saturated carbocycles. The minimum absolute atomic E-state index is 0.510. The van der Waals surface area contributed by atoms with Crippen molar-refractivity contribution < 1.29 is 14.3 Å². The Labute approximate surface area is 163 Å². The van der Waals surface area contributed by atoms with Crippen molar-refractivity contribution in [2.75, 3.05) is 0 Å². The van der Waals surface area contributed by atoms with Crippen molar-refractivity contribution in [3.8, 4) is 11.5 Å². The van der Waals surface area contributed by atoms with E-state index in [1.807, 2.05) is 48.5 Å². The minimum atomic E-state index is -1.17. The van der Waals surface area contributed by atoms with Crippen LogP contribution in [-0.2, 0) is 4.79 Å². The van der Waals surface area contributed by atoms with Crippen LogP contribution in [0.1, 0.15) is 4.88 Å². The second-order valence-electron chi connectivity index (χ2n) is 5.07. The van der Waals surface area contributed by atoms with Gasteiger partial charge >= 0.3 is 12.2 Å². The average Bonchev–Trinajstić information content (AvgIpc) is 3.08. The first-order chi connectivity index (χ1) is 12.7. The quantitative estimate of drug-likeness (QED) is 0.342. The number of carbonyl (C=O) groups is 1. The zero-order valence-corrected chi connectivity index (χ0v) is 15.9. The third-order valence-electron chi connectivity index (χ3n) is 3.15. The summed E-state index contributed by atoms with van der Waals surface area (Å²) in [5.41, 5.74) is 2.45. The number of hydrazone groups is 1. The number of thiophene rings is 1. The molecule has 0 aliphatic heterocycles. The van der Waals surface area contributed by atoms with E-state index < -0.39 is 12.2 Å². The van der Waals surface area contributed by atoms with E-state index in [1.54, 1.807) is 30.5 Å². The summed E-state index contributed by atoms with van der Waals surface area (Å²) in [5, 5.41) is 3.96. The Morgan fingerprint density at radius 1 is 0.962 bits per heavy atom. The molecule has 2 aromatic carbocycles. The number of ether oxygens (including phenoxy) is 2. The fourth-order valence-electron chi connectivity index (χ4n) is 1.99. The monoisotopic (exact) mass is 430 g/mol. The molecule has 5 nitrogen and oxygen atoms in total. The standard InChI is InChI=1S/C19H15BrN2O3S/c20-17-12-11-16(26-17)13-21-22-18(23)19(24-14-7-3-1-4-8-14)25-15-9-5-2-6-10-15/h1-13,19H,(H,22,23)/b21-13+. The summed E-state index contributed by atoms with van der Waals surface area (Å²) in [6, 6.07) is 21.8. The Morgan fingerprint density at radius 2 is 1.54 bits per heavy atom. The van der Waals surface area contributed by atoms with Gasteiger partial charge in [-0.25, -0.2) is 5.43 Å². The van der Waals surface area contributed by atoms with E-state index in [-0.39, 0.29) is 0 Å². The van der Waals surface area contributed by atoms with Crippen LogP contribution in [0.15, 0.2) is 81.7 Å². The van der Waals surface area contributed by atoms with Crippen LogP contribution in [0.3, 0.4) is 0 Å². The fourth-order valence-corrected chi connectivity index (χ4v) is 3.28. The van der Waals surface area contributed by atoms with Gasteiger partial charge in [-0.1, -0.05) is 36.4 Å². The first-order valence-electron chi connectivity index (χ1n) is 7.72. The molecule has 0 radical (unpaired) electrons. The number of nitrogens with one attached hydrogen (secondary N) is 1. The van der Waals surface area contributed by atoms with Gasteiger partial charge in [0.05, 0.1) is 10.0 Å².